The molecular formula is C26H22F3N3O2. The van der Waals surface area contributed by atoms with E-state index in [1.165, 1.54) is 28.8 Å². The summed E-state index contributed by atoms with van der Waals surface area (Å²) < 4.78 is 51.5. The van der Waals surface area contributed by atoms with E-state index in [-0.39, 0.29) is 19.0 Å². The van der Waals surface area contributed by atoms with Crippen molar-refractivity contribution < 1.29 is 22.7 Å². The van der Waals surface area contributed by atoms with E-state index in [1.54, 1.807) is 24.3 Å². The van der Waals surface area contributed by atoms with Crippen LogP contribution in [0.4, 0.5) is 18.0 Å². The van der Waals surface area contributed by atoms with E-state index in [0.29, 0.717) is 16.6 Å². The van der Waals surface area contributed by atoms with Crippen molar-refractivity contribution >= 4 is 17.1 Å². The Hall–Kier alpha value is -3.81. The molecule has 1 atom stereocenters. The van der Waals surface area contributed by atoms with Crippen LogP contribution in [0.25, 0.3) is 11.0 Å². The van der Waals surface area contributed by atoms with Crippen molar-refractivity contribution in [3.05, 3.63) is 101 Å². The van der Waals surface area contributed by atoms with Crippen LogP contribution in [0.1, 0.15) is 28.9 Å². The van der Waals surface area contributed by atoms with E-state index in [2.05, 4.69) is 10.3 Å². The predicted molar refractivity (Wildman–Crippen MR) is 121 cm³/mol. The van der Waals surface area contributed by atoms with Crippen LogP contribution in [-0.4, -0.2) is 15.6 Å². The maximum Gasteiger partial charge on any atom is 0.408 e. The van der Waals surface area contributed by atoms with Gasteiger partial charge in [-0.1, -0.05) is 48.5 Å². The number of hydrogen-bond donors (Lipinski definition) is 1. The molecule has 0 aliphatic carbocycles. The van der Waals surface area contributed by atoms with Gasteiger partial charge in [-0.15, -0.1) is 0 Å². The number of amides is 1. The number of alkyl halides is 2. The van der Waals surface area contributed by atoms with Gasteiger partial charge in [0, 0.05) is 6.42 Å². The summed E-state index contributed by atoms with van der Waals surface area (Å²) in [7, 11) is 0. The second-order valence-electron chi connectivity index (χ2n) is 8.67. The van der Waals surface area contributed by atoms with Gasteiger partial charge in [-0.05, 0) is 47.9 Å². The molecule has 1 amide bonds. The normalized spacial score (nSPS) is 18.9. The number of ether oxygens (including phenoxy) is 1. The number of benzene rings is 3. The Bertz CT molecular complexity index is 1350. The molecule has 0 spiro atoms. The molecule has 3 aromatic carbocycles. The standard InChI is InChI=1S/C26H22F3N3O2/c1-17-7-12-22-21(13-17)30-23-26(28,29)15-25(16-32(22)23,19-8-10-20(27)11-9-19)31-24(33)34-14-18-5-3-2-4-6-18/h2-13H,14-16H2,1H3,(H,31,33). The molecular weight excluding hydrogens is 443 g/mol. The lowest BCUT2D eigenvalue weighted by molar-refractivity contribution is -0.0715. The highest BCUT2D eigenvalue weighted by molar-refractivity contribution is 5.77. The zero-order valence-corrected chi connectivity index (χ0v) is 18.4. The van der Waals surface area contributed by atoms with E-state index in [9.17, 15) is 9.18 Å². The van der Waals surface area contributed by atoms with Crippen LogP contribution in [0.5, 0.6) is 0 Å². The van der Waals surface area contributed by atoms with Gasteiger partial charge in [0.2, 0.25) is 0 Å². The highest BCUT2D eigenvalue weighted by Gasteiger charge is 2.53. The van der Waals surface area contributed by atoms with Crippen LogP contribution in [0, 0.1) is 12.7 Å². The van der Waals surface area contributed by atoms with E-state index < -0.39 is 29.8 Å². The average Bonchev–Trinajstić information content (AvgIpc) is 3.17. The van der Waals surface area contributed by atoms with Gasteiger partial charge < -0.3 is 14.6 Å². The van der Waals surface area contributed by atoms with Gasteiger partial charge in [-0.3, -0.25) is 0 Å². The highest BCUT2D eigenvalue weighted by Crippen LogP contribution is 2.46. The van der Waals surface area contributed by atoms with Gasteiger partial charge in [0.1, 0.15) is 12.4 Å². The van der Waals surface area contributed by atoms with E-state index in [1.807, 2.05) is 31.2 Å². The Kier molecular flexibility index (Phi) is 5.31. The number of nitrogens with zero attached hydrogens (tertiary/aromatic N) is 2. The first-order valence-electron chi connectivity index (χ1n) is 10.9. The molecule has 1 aliphatic rings. The van der Waals surface area contributed by atoms with Crippen molar-refractivity contribution in [1.29, 1.82) is 0 Å². The summed E-state index contributed by atoms with van der Waals surface area (Å²) in [6.45, 7) is 1.84. The molecule has 0 fully saturated rings. The Balaban J connectivity index is 1.54. The number of halogens is 3. The highest BCUT2D eigenvalue weighted by atomic mass is 19.3. The second kappa shape index (κ2) is 8.20. The first-order chi connectivity index (χ1) is 16.3. The number of aromatic nitrogens is 2. The lowest BCUT2D eigenvalue weighted by Gasteiger charge is -2.41. The fourth-order valence-electron chi connectivity index (χ4n) is 4.54. The average molecular weight is 465 g/mol. The Morgan fingerprint density at radius 1 is 1.09 bits per heavy atom. The van der Waals surface area contributed by atoms with Gasteiger partial charge in [-0.25, -0.2) is 14.2 Å². The first kappa shape index (κ1) is 22.0. The number of aryl methyl sites for hydroxylation is 1. The molecule has 0 saturated carbocycles. The summed E-state index contributed by atoms with van der Waals surface area (Å²) in [6.07, 6.45) is -1.58. The van der Waals surface area contributed by atoms with Gasteiger partial charge in [0.05, 0.1) is 23.1 Å². The van der Waals surface area contributed by atoms with Crippen molar-refractivity contribution in [3.63, 3.8) is 0 Å². The van der Waals surface area contributed by atoms with Crippen LogP contribution in [0.15, 0.2) is 72.8 Å². The van der Waals surface area contributed by atoms with Crippen LogP contribution < -0.4 is 5.32 Å². The largest absolute Gasteiger partial charge is 0.445 e. The van der Waals surface area contributed by atoms with Crippen molar-refractivity contribution in [3.8, 4) is 0 Å². The summed E-state index contributed by atoms with van der Waals surface area (Å²) in [5, 5.41) is 2.69. The molecule has 4 aromatic rings. The van der Waals surface area contributed by atoms with Crippen molar-refractivity contribution in [2.24, 2.45) is 0 Å². The molecule has 5 nitrogen and oxygen atoms in total. The minimum Gasteiger partial charge on any atom is -0.445 e. The number of carbonyl (C=O) groups is 1. The molecule has 174 valence electrons. The maximum atomic E-state index is 15.5. The van der Waals surface area contributed by atoms with Gasteiger partial charge in [0.15, 0.2) is 5.82 Å². The minimum atomic E-state index is -3.35. The molecule has 1 unspecified atom stereocenters. The summed E-state index contributed by atoms with van der Waals surface area (Å²) in [4.78, 5) is 17.0. The fourth-order valence-corrected chi connectivity index (χ4v) is 4.54. The Morgan fingerprint density at radius 3 is 2.56 bits per heavy atom. The summed E-state index contributed by atoms with van der Waals surface area (Å²) in [5.41, 5.74) is 1.46. The van der Waals surface area contributed by atoms with Crippen molar-refractivity contribution in [1.82, 2.24) is 14.9 Å². The molecule has 8 heteroatoms. The van der Waals surface area contributed by atoms with E-state index in [4.69, 9.17) is 4.74 Å². The number of fused-ring (bicyclic) bond motifs is 3. The van der Waals surface area contributed by atoms with Gasteiger partial charge in [0.25, 0.3) is 0 Å². The molecule has 0 bridgehead atoms. The monoisotopic (exact) mass is 465 g/mol. The number of rotatable bonds is 4. The third-order valence-electron chi connectivity index (χ3n) is 6.13. The molecule has 1 N–H and O–H groups in total. The number of nitrogens with one attached hydrogen (secondary N) is 1. The molecule has 0 radical (unpaired) electrons. The summed E-state index contributed by atoms with van der Waals surface area (Å²) in [6, 6.07) is 19.6. The lowest BCUT2D eigenvalue weighted by Crippen LogP contribution is -2.55. The zero-order valence-electron chi connectivity index (χ0n) is 18.4. The van der Waals surface area contributed by atoms with Crippen LogP contribution in [0.3, 0.4) is 0 Å². The number of imidazole rings is 1. The molecule has 1 aromatic heterocycles. The number of alkyl carbamates (subject to hydrolysis) is 1. The van der Waals surface area contributed by atoms with Crippen LogP contribution in [0.2, 0.25) is 0 Å². The Morgan fingerprint density at radius 2 is 1.82 bits per heavy atom. The predicted octanol–water partition coefficient (Wildman–Crippen LogP) is 5.80. The first-order valence-corrected chi connectivity index (χ1v) is 10.9. The van der Waals surface area contributed by atoms with Crippen LogP contribution >= 0.6 is 0 Å². The van der Waals surface area contributed by atoms with Gasteiger partial charge in [-0.2, -0.15) is 8.78 Å². The second-order valence-corrected chi connectivity index (χ2v) is 8.67. The lowest BCUT2D eigenvalue weighted by atomic mass is 9.81. The molecule has 1 aliphatic heterocycles. The Labute approximate surface area is 194 Å². The SMILES string of the molecule is Cc1ccc2c(c1)nc1n2CC(NC(=O)OCc2ccccc2)(c2ccc(F)cc2)CC1(F)F. The minimum absolute atomic E-state index is 0.0104. The number of hydrogen-bond acceptors (Lipinski definition) is 3. The maximum absolute atomic E-state index is 15.5. The van der Waals surface area contributed by atoms with Crippen molar-refractivity contribution in [2.45, 2.75) is 38.0 Å². The third kappa shape index (κ3) is 4.00. The quantitative estimate of drug-likeness (QED) is 0.414. The van der Waals surface area contributed by atoms with E-state index in [0.717, 1.165) is 11.1 Å². The number of carbonyl (C=O) groups excluding carboxylic acids is 1. The van der Waals surface area contributed by atoms with Crippen LogP contribution in [-0.2, 0) is 29.3 Å². The summed E-state index contributed by atoms with van der Waals surface area (Å²) in [5.74, 6) is -4.21. The zero-order chi connectivity index (χ0) is 23.9. The topological polar surface area (TPSA) is 56.2 Å². The van der Waals surface area contributed by atoms with E-state index >= 15 is 8.78 Å². The molecule has 5 rings (SSSR count). The van der Waals surface area contributed by atoms with Crippen molar-refractivity contribution in [2.75, 3.05) is 0 Å². The summed E-state index contributed by atoms with van der Waals surface area (Å²) >= 11 is 0. The smallest absolute Gasteiger partial charge is 0.408 e. The molecule has 0 saturated heterocycles. The molecule has 34 heavy (non-hydrogen) atoms. The molecule has 2 heterocycles. The van der Waals surface area contributed by atoms with Gasteiger partial charge >= 0.3 is 12.0 Å². The third-order valence-corrected chi connectivity index (χ3v) is 6.13. The fraction of sp³-hybridized carbons (Fsp3) is 0.231.